The van der Waals surface area contributed by atoms with E-state index in [1.807, 2.05) is 0 Å². The number of carbonyl (C=O) groups excluding carboxylic acids is 1. The predicted molar refractivity (Wildman–Crippen MR) is 85.9 cm³/mol. The van der Waals surface area contributed by atoms with E-state index >= 15 is 0 Å². The number of rotatable bonds is 0. The molecule has 0 amide bonds. The molecule has 4 aliphatic rings. The Hall–Kier alpha value is -0.330. The third-order valence-corrected chi connectivity index (χ3v) is 8.98. The van der Waals surface area contributed by atoms with E-state index in [0.717, 1.165) is 30.6 Å². The zero-order valence-corrected chi connectivity index (χ0v) is 14.6. The quantitative estimate of drug-likeness (QED) is 0.596. The lowest BCUT2D eigenvalue weighted by atomic mass is 9.50. The Bertz CT molecular complexity index is 506. The molecular formula is C20H32O. The SMILES string of the molecule is CC1CCC(=O)C2(C)CCC3C4C(C)(C)CCC4(C)CC132. The first-order chi connectivity index (χ1) is 9.67. The molecule has 4 fully saturated rings. The van der Waals surface area contributed by atoms with Crippen LogP contribution < -0.4 is 0 Å². The fourth-order valence-corrected chi connectivity index (χ4v) is 8.26. The minimum atomic E-state index is -0.00123. The minimum Gasteiger partial charge on any atom is -0.299 e. The summed E-state index contributed by atoms with van der Waals surface area (Å²) in [6.45, 7) is 12.4. The van der Waals surface area contributed by atoms with Gasteiger partial charge in [0.15, 0.2) is 0 Å². The summed E-state index contributed by atoms with van der Waals surface area (Å²) in [4.78, 5) is 12.9. The van der Waals surface area contributed by atoms with Gasteiger partial charge >= 0.3 is 0 Å². The van der Waals surface area contributed by atoms with Crippen molar-refractivity contribution in [3.63, 3.8) is 0 Å². The van der Waals surface area contributed by atoms with Crippen LogP contribution in [0.25, 0.3) is 0 Å². The van der Waals surface area contributed by atoms with Gasteiger partial charge in [0.25, 0.3) is 0 Å². The highest BCUT2D eigenvalue weighted by atomic mass is 16.1. The average Bonchev–Trinajstić information content (AvgIpc) is 2.92. The van der Waals surface area contributed by atoms with Gasteiger partial charge in [0.1, 0.15) is 5.78 Å². The smallest absolute Gasteiger partial charge is 0.139 e. The van der Waals surface area contributed by atoms with E-state index in [1.54, 1.807) is 0 Å². The van der Waals surface area contributed by atoms with E-state index < -0.39 is 0 Å². The molecule has 0 saturated heterocycles. The van der Waals surface area contributed by atoms with Crippen molar-refractivity contribution in [1.82, 2.24) is 0 Å². The van der Waals surface area contributed by atoms with E-state index in [1.165, 1.54) is 32.1 Å². The molecule has 0 aromatic heterocycles. The fraction of sp³-hybridized carbons (Fsp3) is 0.950. The summed E-state index contributed by atoms with van der Waals surface area (Å²) in [6.07, 6.45) is 8.59. The molecule has 6 unspecified atom stereocenters. The van der Waals surface area contributed by atoms with Crippen molar-refractivity contribution in [2.75, 3.05) is 0 Å². The van der Waals surface area contributed by atoms with Crippen LogP contribution >= 0.6 is 0 Å². The van der Waals surface area contributed by atoms with Gasteiger partial charge in [-0.1, -0.05) is 34.6 Å². The Morgan fingerprint density at radius 3 is 2.43 bits per heavy atom. The van der Waals surface area contributed by atoms with Crippen molar-refractivity contribution in [3.8, 4) is 0 Å². The first kappa shape index (κ1) is 14.3. The molecule has 1 heteroatoms. The molecule has 1 spiro atoms. The van der Waals surface area contributed by atoms with E-state index in [2.05, 4.69) is 34.6 Å². The van der Waals surface area contributed by atoms with E-state index in [-0.39, 0.29) is 5.41 Å². The van der Waals surface area contributed by atoms with E-state index in [9.17, 15) is 4.79 Å². The minimum absolute atomic E-state index is 0.00123. The largest absolute Gasteiger partial charge is 0.299 e. The molecule has 1 nitrogen and oxygen atoms in total. The molecule has 0 radical (unpaired) electrons. The number of Topliss-reactive ketones (excluding diaryl/α,β-unsaturated/α-hetero) is 1. The van der Waals surface area contributed by atoms with Gasteiger partial charge in [0, 0.05) is 11.8 Å². The van der Waals surface area contributed by atoms with Crippen LogP contribution in [-0.2, 0) is 4.79 Å². The van der Waals surface area contributed by atoms with Gasteiger partial charge in [-0.25, -0.2) is 0 Å². The lowest BCUT2D eigenvalue weighted by Crippen LogP contribution is -2.51. The summed E-state index contributed by atoms with van der Waals surface area (Å²) in [5.41, 5.74) is 1.31. The van der Waals surface area contributed by atoms with Crippen LogP contribution in [0.1, 0.15) is 79.6 Å². The molecule has 21 heavy (non-hydrogen) atoms. The maximum Gasteiger partial charge on any atom is 0.139 e. The molecule has 0 heterocycles. The Balaban J connectivity index is 1.88. The maximum absolute atomic E-state index is 12.9. The van der Waals surface area contributed by atoms with Gasteiger partial charge in [-0.15, -0.1) is 0 Å². The molecule has 118 valence electrons. The lowest BCUT2D eigenvalue weighted by molar-refractivity contribution is -0.146. The fourth-order valence-electron chi connectivity index (χ4n) is 8.26. The van der Waals surface area contributed by atoms with Crippen LogP contribution in [0.4, 0.5) is 0 Å². The van der Waals surface area contributed by atoms with Crippen molar-refractivity contribution < 1.29 is 4.79 Å². The van der Waals surface area contributed by atoms with Crippen LogP contribution in [0.5, 0.6) is 0 Å². The topological polar surface area (TPSA) is 17.1 Å². The van der Waals surface area contributed by atoms with Gasteiger partial charge < -0.3 is 0 Å². The highest BCUT2D eigenvalue weighted by Crippen LogP contribution is 2.80. The van der Waals surface area contributed by atoms with E-state index in [0.29, 0.717) is 22.0 Å². The standard InChI is InChI=1S/C20H32O/c1-13-6-7-15(21)19(5)9-8-14-16-17(2,3)10-11-18(16,4)12-20(13,14)19/h13-14,16H,6-12H2,1-5H3. The van der Waals surface area contributed by atoms with Gasteiger partial charge in [-0.3, -0.25) is 4.79 Å². The maximum atomic E-state index is 12.9. The van der Waals surface area contributed by atoms with Crippen LogP contribution in [0.3, 0.4) is 0 Å². The highest BCUT2D eigenvalue weighted by Gasteiger charge is 2.75. The van der Waals surface area contributed by atoms with Gasteiger partial charge in [0.2, 0.25) is 0 Å². The van der Waals surface area contributed by atoms with Crippen LogP contribution in [0, 0.1) is 39.4 Å². The Kier molecular flexibility index (Phi) is 2.56. The number of hydrogen-bond donors (Lipinski definition) is 0. The van der Waals surface area contributed by atoms with Crippen LogP contribution in [-0.4, -0.2) is 5.78 Å². The van der Waals surface area contributed by atoms with E-state index in [4.69, 9.17) is 0 Å². The second-order valence-electron chi connectivity index (χ2n) is 10.2. The molecular weight excluding hydrogens is 256 g/mol. The molecule has 0 aliphatic heterocycles. The summed E-state index contributed by atoms with van der Waals surface area (Å²) >= 11 is 0. The molecule has 0 aromatic rings. The summed E-state index contributed by atoms with van der Waals surface area (Å²) in [6, 6.07) is 0. The molecule has 4 aliphatic carbocycles. The first-order valence-electron chi connectivity index (χ1n) is 9.21. The second kappa shape index (κ2) is 3.77. The lowest BCUT2D eigenvalue weighted by Gasteiger charge is -2.52. The normalized spacial score (nSPS) is 58.0. The highest BCUT2D eigenvalue weighted by molar-refractivity contribution is 5.87. The summed E-state index contributed by atoms with van der Waals surface area (Å²) in [5, 5.41) is 0. The Morgan fingerprint density at radius 1 is 1.00 bits per heavy atom. The number of ketones is 1. The van der Waals surface area contributed by atoms with Crippen molar-refractivity contribution >= 4 is 5.78 Å². The van der Waals surface area contributed by atoms with Crippen molar-refractivity contribution in [3.05, 3.63) is 0 Å². The summed E-state index contributed by atoms with van der Waals surface area (Å²) < 4.78 is 0. The van der Waals surface area contributed by atoms with Gasteiger partial charge in [-0.05, 0) is 72.5 Å². The molecule has 0 N–H and O–H groups in total. The Morgan fingerprint density at radius 2 is 1.71 bits per heavy atom. The van der Waals surface area contributed by atoms with Crippen molar-refractivity contribution in [1.29, 1.82) is 0 Å². The number of fused-ring (bicyclic) bond motifs is 2. The molecule has 0 aromatic carbocycles. The second-order valence-corrected chi connectivity index (χ2v) is 10.2. The Labute approximate surface area is 130 Å². The molecule has 4 saturated carbocycles. The third kappa shape index (κ3) is 1.38. The molecule has 4 rings (SSSR count). The molecule has 6 atom stereocenters. The third-order valence-electron chi connectivity index (χ3n) is 8.98. The average molecular weight is 288 g/mol. The zero-order chi connectivity index (χ0) is 15.3. The van der Waals surface area contributed by atoms with Gasteiger partial charge in [0.05, 0.1) is 0 Å². The first-order valence-corrected chi connectivity index (χ1v) is 9.21. The summed E-state index contributed by atoms with van der Waals surface area (Å²) in [5.74, 6) is 3.00. The molecule has 0 bridgehead atoms. The van der Waals surface area contributed by atoms with Crippen molar-refractivity contribution in [2.45, 2.75) is 79.6 Å². The predicted octanol–water partition coefficient (Wildman–Crippen LogP) is 5.23. The number of hydrogen-bond acceptors (Lipinski definition) is 1. The monoisotopic (exact) mass is 288 g/mol. The van der Waals surface area contributed by atoms with Crippen molar-refractivity contribution in [2.24, 2.45) is 39.4 Å². The zero-order valence-electron chi connectivity index (χ0n) is 14.6. The van der Waals surface area contributed by atoms with Crippen LogP contribution in [0.15, 0.2) is 0 Å². The van der Waals surface area contributed by atoms with Crippen LogP contribution in [0.2, 0.25) is 0 Å². The summed E-state index contributed by atoms with van der Waals surface area (Å²) in [7, 11) is 0. The number of carbonyl (C=O) groups is 1. The van der Waals surface area contributed by atoms with Gasteiger partial charge in [-0.2, -0.15) is 0 Å².